The number of methoxy groups -OCH3 is 1. The summed E-state index contributed by atoms with van der Waals surface area (Å²) in [5.74, 6) is -0.383. The van der Waals surface area contributed by atoms with Crippen LogP contribution in [0, 0.1) is 0 Å². The quantitative estimate of drug-likeness (QED) is 0.532. The number of nitrogens with one attached hydrogen (secondary N) is 1. The Morgan fingerprint density at radius 2 is 2.55 bits per heavy atom. The predicted octanol–water partition coefficient (Wildman–Crippen LogP) is 0.918. The van der Waals surface area contributed by atoms with Crippen LogP contribution in [0.4, 0.5) is 0 Å². The molecule has 0 saturated heterocycles. The molecular weight excluding hydrogens is 164 g/mol. The SMILES string of the molecule is COC(=O)c1[nH]cnc1SC. The van der Waals surface area contributed by atoms with Crippen LogP contribution in [-0.2, 0) is 4.74 Å². The second-order valence-corrected chi connectivity index (χ2v) is 2.57. The van der Waals surface area contributed by atoms with Gasteiger partial charge in [-0.1, -0.05) is 0 Å². The van der Waals surface area contributed by atoms with Gasteiger partial charge in [-0.25, -0.2) is 9.78 Å². The van der Waals surface area contributed by atoms with Gasteiger partial charge in [-0.2, -0.15) is 0 Å². The molecule has 1 aromatic heterocycles. The molecule has 0 atom stereocenters. The molecule has 1 N–H and O–H groups in total. The summed E-state index contributed by atoms with van der Waals surface area (Å²) in [5.41, 5.74) is 0.417. The zero-order chi connectivity index (χ0) is 8.27. The van der Waals surface area contributed by atoms with E-state index in [9.17, 15) is 4.79 Å². The van der Waals surface area contributed by atoms with Crippen molar-refractivity contribution in [2.45, 2.75) is 5.03 Å². The summed E-state index contributed by atoms with van der Waals surface area (Å²) in [6, 6.07) is 0. The Hall–Kier alpha value is -0.970. The number of H-pyrrole nitrogens is 1. The van der Waals surface area contributed by atoms with E-state index in [1.54, 1.807) is 0 Å². The molecule has 1 heterocycles. The number of aromatic nitrogens is 2. The van der Waals surface area contributed by atoms with Crippen LogP contribution < -0.4 is 0 Å². The van der Waals surface area contributed by atoms with Gasteiger partial charge in [-0.05, 0) is 6.26 Å². The van der Waals surface area contributed by atoms with Gasteiger partial charge in [0.15, 0.2) is 5.69 Å². The Kier molecular flexibility index (Phi) is 2.53. The van der Waals surface area contributed by atoms with Crippen LogP contribution in [0.5, 0.6) is 0 Å². The van der Waals surface area contributed by atoms with Gasteiger partial charge < -0.3 is 9.72 Å². The van der Waals surface area contributed by atoms with Crippen molar-refractivity contribution in [2.24, 2.45) is 0 Å². The van der Waals surface area contributed by atoms with Crippen LogP contribution >= 0.6 is 11.8 Å². The molecule has 0 fully saturated rings. The maximum absolute atomic E-state index is 10.9. The predicted molar refractivity (Wildman–Crippen MR) is 41.7 cm³/mol. The minimum atomic E-state index is -0.383. The average molecular weight is 172 g/mol. The van der Waals surface area contributed by atoms with E-state index in [2.05, 4.69) is 14.7 Å². The van der Waals surface area contributed by atoms with E-state index in [0.29, 0.717) is 10.7 Å². The molecule has 0 unspecified atom stereocenters. The number of esters is 1. The fourth-order valence-electron chi connectivity index (χ4n) is 0.685. The molecule has 5 heteroatoms. The third-order valence-electron chi connectivity index (χ3n) is 1.19. The molecule has 0 bridgehead atoms. The van der Waals surface area contributed by atoms with Crippen molar-refractivity contribution in [1.29, 1.82) is 0 Å². The zero-order valence-corrected chi connectivity index (χ0v) is 7.07. The molecule has 0 amide bonds. The third-order valence-corrected chi connectivity index (χ3v) is 1.88. The van der Waals surface area contributed by atoms with Gasteiger partial charge in [0.05, 0.1) is 13.4 Å². The summed E-state index contributed by atoms with van der Waals surface area (Å²) in [6.45, 7) is 0. The number of carbonyl (C=O) groups excluding carboxylic acids is 1. The van der Waals surface area contributed by atoms with Gasteiger partial charge in [-0.15, -0.1) is 11.8 Å². The molecule has 0 saturated carbocycles. The highest BCUT2D eigenvalue weighted by Gasteiger charge is 2.12. The number of hydrogen-bond acceptors (Lipinski definition) is 4. The lowest BCUT2D eigenvalue weighted by Crippen LogP contribution is -2.02. The molecule has 1 rings (SSSR count). The Labute approximate surface area is 68.4 Å². The fourth-order valence-corrected chi connectivity index (χ4v) is 1.19. The van der Waals surface area contributed by atoms with Crippen LogP contribution in [0.25, 0.3) is 0 Å². The Bertz CT molecular complexity index is 259. The van der Waals surface area contributed by atoms with Crippen molar-refractivity contribution in [2.75, 3.05) is 13.4 Å². The average Bonchev–Trinajstić information content (AvgIpc) is 2.50. The lowest BCUT2D eigenvalue weighted by Gasteiger charge is -1.95. The summed E-state index contributed by atoms with van der Waals surface area (Å²) in [6.07, 6.45) is 3.32. The van der Waals surface area contributed by atoms with Crippen LogP contribution in [0.3, 0.4) is 0 Å². The van der Waals surface area contributed by atoms with Crippen LogP contribution in [-0.4, -0.2) is 29.3 Å². The van der Waals surface area contributed by atoms with E-state index in [-0.39, 0.29) is 5.97 Å². The number of hydrogen-bond donors (Lipinski definition) is 1. The standard InChI is InChI=1S/C6H8N2O2S/c1-10-6(9)4-5(11-2)8-3-7-4/h3H,1-2H3,(H,7,8). The van der Waals surface area contributed by atoms with Crippen LogP contribution in [0.2, 0.25) is 0 Å². The molecule has 0 aliphatic carbocycles. The van der Waals surface area contributed by atoms with E-state index in [0.717, 1.165) is 0 Å². The molecule has 60 valence electrons. The molecule has 0 radical (unpaired) electrons. The molecule has 1 aromatic rings. The second-order valence-electron chi connectivity index (χ2n) is 1.78. The van der Waals surface area contributed by atoms with E-state index >= 15 is 0 Å². The van der Waals surface area contributed by atoms with Crippen molar-refractivity contribution < 1.29 is 9.53 Å². The van der Waals surface area contributed by atoms with E-state index in [1.807, 2.05) is 6.26 Å². The summed E-state index contributed by atoms with van der Waals surface area (Å²) in [7, 11) is 1.34. The molecule has 0 aliphatic rings. The number of ether oxygens (including phenoxy) is 1. The van der Waals surface area contributed by atoms with Gasteiger partial charge in [0.25, 0.3) is 0 Å². The fraction of sp³-hybridized carbons (Fsp3) is 0.333. The number of carbonyl (C=O) groups is 1. The normalized spacial score (nSPS) is 9.64. The van der Waals surface area contributed by atoms with Crippen molar-refractivity contribution in [3.8, 4) is 0 Å². The minimum Gasteiger partial charge on any atom is -0.464 e. The van der Waals surface area contributed by atoms with E-state index in [4.69, 9.17) is 0 Å². The molecule has 0 aromatic carbocycles. The monoisotopic (exact) mass is 172 g/mol. The molecule has 4 nitrogen and oxygen atoms in total. The Balaban J connectivity index is 2.92. The summed E-state index contributed by atoms with van der Waals surface area (Å²) >= 11 is 1.40. The Morgan fingerprint density at radius 1 is 1.82 bits per heavy atom. The maximum Gasteiger partial charge on any atom is 0.357 e. The largest absolute Gasteiger partial charge is 0.464 e. The zero-order valence-electron chi connectivity index (χ0n) is 6.25. The van der Waals surface area contributed by atoms with Crippen LogP contribution in [0.15, 0.2) is 11.4 Å². The van der Waals surface area contributed by atoms with Gasteiger partial charge in [0, 0.05) is 0 Å². The number of rotatable bonds is 2. The first-order valence-corrected chi connectivity index (χ1v) is 4.17. The summed E-state index contributed by atoms with van der Waals surface area (Å²) in [5, 5.41) is 0.664. The first-order valence-electron chi connectivity index (χ1n) is 2.95. The highest BCUT2D eigenvalue weighted by atomic mass is 32.2. The molecule has 0 aliphatic heterocycles. The van der Waals surface area contributed by atoms with Crippen molar-refractivity contribution >= 4 is 17.7 Å². The van der Waals surface area contributed by atoms with Gasteiger partial charge in [0.2, 0.25) is 0 Å². The summed E-state index contributed by atoms with van der Waals surface area (Å²) in [4.78, 5) is 17.6. The lowest BCUT2D eigenvalue weighted by molar-refractivity contribution is 0.0590. The van der Waals surface area contributed by atoms with Crippen molar-refractivity contribution in [3.05, 3.63) is 12.0 Å². The third kappa shape index (κ3) is 1.54. The second kappa shape index (κ2) is 3.43. The highest BCUT2D eigenvalue weighted by molar-refractivity contribution is 7.98. The van der Waals surface area contributed by atoms with Crippen molar-refractivity contribution in [1.82, 2.24) is 9.97 Å². The molecular formula is C6H8N2O2S. The number of thioether (sulfide) groups is 1. The van der Waals surface area contributed by atoms with Gasteiger partial charge in [0.1, 0.15) is 5.03 Å². The lowest BCUT2D eigenvalue weighted by atomic mass is 10.5. The molecule has 0 spiro atoms. The van der Waals surface area contributed by atoms with Crippen molar-refractivity contribution in [3.63, 3.8) is 0 Å². The number of nitrogens with zero attached hydrogens (tertiary/aromatic N) is 1. The first-order chi connectivity index (χ1) is 5.29. The number of imidazole rings is 1. The Morgan fingerprint density at radius 3 is 3.09 bits per heavy atom. The molecule has 11 heavy (non-hydrogen) atoms. The topological polar surface area (TPSA) is 55.0 Å². The van der Waals surface area contributed by atoms with Gasteiger partial charge in [-0.3, -0.25) is 0 Å². The highest BCUT2D eigenvalue weighted by Crippen LogP contribution is 2.15. The van der Waals surface area contributed by atoms with E-state index in [1.165, 1.54) is 25.2 Å². The number of aromatic amines is 1. The first kappa shape index (κ1) is 8.13. The van der Waals surface area contributed by atoms with Gasteiger partial charge >= 0.3 is 5.97 Å². The maximum atomic E-state index is 10.9. The minimum absolute atomic E-state index is 0.383. The van der Waals surface area contributed by atoms with Crippen LogP contribution in [0.1, 0.15) is 10.5 Å². The summed E-state index contributed by atoms with van der Waals surface area (Å²) < 4.78 is 4.51. The van der Waals surface area contributed by atoms with E-state index < -0.39 is 0 Å². The smallest absolute Gasteiger partial charge is 0.357 e.